The Labute approximate surface area is 117 Å². The van der Waals surface area contributed by atoms with E-state index in [1.165, 1.54) is 13.5 Å². The molecule has 112 valence electrons. The fourth-order valence-corrected chi connectivity index (χ4v) is 3.24. The van der Waals surface area contributed by atoms with Crippen LogP contribution in [0.4, 0.5) is 4.79 Å². The minimum Gasteiger partial charge on any atom is -0.480 e. The minimum atomic E-state index is -1.26. The van der Waals surface area contributed by atoms with Crippen molar-refractivity contribution in [3.63, 3.8) is 0 Å². The van der Waals surface area contributed by atoms with Crippen LogP contribution in [0.25, 0.3) is 0 Å². The topological polar surface area (TPSA) is 105 Å². The van der Waals surface area contributed by atoms with Crippen molar-refractivity contribution in [1.82, 2.24) is 10.6 Å². The number of nitrogens with one attached hydrogen (secondary N) is 2. The van der Waals surface area contributed by atoms with Gasteiger partial charge in [-0.05, 0) is 31.1 Å². The van der Waals surface area contributed by atoms with Gasteiger partial charge in [0.15, 0.2) is 0 Å². The Morgan fingerprint density at radius 1 is 1.30 bits per heavy atom. The normalized spacial score (nSPS) is 28.8. The van der Waals surface area contributed by atoms with Crippen LogP contribution in [-0.2, 0) is 14.3 Å². The lowest BCUT2D eigenvalue weighted by Gasteiger charge is -2.24. The molecule has 20 heavy (non-hydrogen) atoms. The molecule has 2 bridgehead atoms. The van der Waals surface area contributed by atoms with E-state index in [0.29, 0.717) is 11.8 Å². The molecule has 3 N–H and O–H groups in total. The van der Waals surface area contributed by atoms with Gasteiger partial charge in [0, 0.05) is 6.04 Å². The Balaban J connectivity index is 1.82. The number of esters is 1. The number of hydrogen-bond donors (Lipinski definition) is 3. The summed E-state index contributed by atoms with van der Waals surface area (Å²) in [5.41, 5.74) is 0. The third-order valence-electron chi connectivity index (χ3n) is 4.26. The van der Waals surface area contributed by atoms with Crippen molar-refractivity contribution in [3.05, 3.63) is 0 Å². The molecular formula is C13H20N2O5. The number of urea groups is 1. The number of methoxy groups -OCH3 is 1. The summed E-state index contributed by atoms with van der Waals surface area (Å²) in [7, 11) is 1.18. The Morgan fingerprint density at radius 3 is 2.55 bits per heavy atom. The van der Waals surface area contributed by atoms with E-state index >= 15 is 0 Å². The van der Waals surface area contributed by atoms with Crippen LogP contribution < -0.4 is 10.6 Å². The van der Waals surface area contributed by atoms with E-state index in [0.717, 1.165) is 19.3 Å². The molecule has 2 aliphatic rings. The van der Waals surface area contributed by atoms with Crippen molar-refractivity contribution in [2.45, 2.75) is 44.2 Å². The highest BCUT2D eigenvalue weighted by Gasteiger charge is 2.40. The van der Waals surface area contributed by atoms with Gasteiger partial charge in [-0.25, -0.2) is 9.59 Å². The number of carboxylic acid groups (broad SMARTS) is 1. The molecule has 2 rings (SSSR count). The average molecular weight is 284 g/mol. The molecule has 3 unspecified atom stereocenters. The highest BCUT2D eigenvalue weighted by Crippen LogP contribution is 2.44. The van der Waals surface area contributed by atoms with Crippen molar-refractivity contribution >= 4 is 18.0 Å². The molecule has 7 heteroatoms. The van der Waals surface area contributed by atoms with Crippen molar-refractivity contribution in [1.29, 1.82) is 0 Å². The highest BCUT2D eigenvalue weighted by molar-refractivity contribution is 5.86. The van der Waals surface area contributed by atoms with Gasteiger partial charge in [0.2, 0.25) is 0 Å². The zero-order valence-electron chi connectivity index (χ0n) is 11.4. The van der Waals surface area contributed by atoms with Gasteiger partial charge >= 0.3 is 18.0 Å². The molecule has 0 saturated heterocycles. The first-order valence-corrected chi connectivity index (χ1v) is 6.86. The predicted molar refractivity (Wildman–Crippen MR) is 69.0 cm³/mol. The molecule has 2 aliphatic carbocycles. The quantitative estimate of drug-likeness (QED) is 0.637. The number of fused-ring (bicyclic) bond motifs is 2. The van der Waals surface area contributed by atoms with E-state index in [1.807, 2.05) is 0 Å². The van der Waals surface area contributed by atoms with Crippen LogP contribution in [0.3, 0.4) is 0 Å². The number of hydrogen-bond acceptors (Lipinski definition) is 4. The number of carbonyl (C=O) groups excluding carboxylic acids is 2. The van der Waals surface area contributed by atoms with Crippen molar-refractivity contribution < 1.29 is 24.2 Å². The van der Waals surface area contributed by atoms with Gasteiger partial charge in [0.1, 0.15) is 6.04 Å². The summed E-state index contributed by atoms with van der Waals surface area (Å²) in [6.45, 7) is 0. The van der Waals surface area contributed by atoms with Crippen LogP contribution >= 0.6 is 0 Å². The molecule has 0 aliphatic heterocycles. The standard InChI is InChI=1S/C13H20N2O5/c1-20-11(16)6-10(12(17)18)15-13(19)14-9-5-7-2-3-8(9)4-7/h7-10H,2-6H2,1H3,(H,17,18)(H2,14,15,19)/t7?,8?,9?,10-/m0/s1. The van der Waals surface area contributed by atoms with Crippen molar-refractivity contribution in [2.24, 2.45) is 11.8 Å². The lowest BCUT2D eigenvalue weighted by molar-refractivity contribution is -0.147. The first-order chi connectivity index (χ1) is 9.49. The van der Waals surface area contributed by atoms with Gasteiger partial charge in [-0.1, -0.05) is 6.42 Å². The Hall–Kier alpha value is -1.79. The highest BCUT2D eigenvalue weighted by atomic mass is 16.5. The van der Waals surface area contributed by atoms with E-state index in [4.69, 9.17) is 5.11 Å². The summed E-state index contributed by atoms with van der Waals surface area (Å²) >= 11 is 0. The second kappa shape index (κ2) is 6.11. The number of aliphatic carboxylic acids is 1. The second-order valence-electron chi connectivity index (χ2n) is 5.57. The zero-order valence-corrected chi connectivity index (χ0v) is 11.4. The number of carboxylic acids is 1. The molecule has 4 atom stereocenters. The van der Waals surface area contributed by atoms with Crippen molar-refractivity contribution in [3.8, 4) is 0 Å². The molecule has 2 amide bonds. The third kappa shape index (κ3) is 3.40. The number of ether oxygens (including phenoxy) is 1. The SMILES string of the molecule is COC(=O)C[C@H](NC(=O)NC1CC2CCC1C2)C(=O)O. The first-order valence-electron chi connectivity index (χ1n) is 6.86. The van der Waals surface area contributed by atoms with Crippen molar-refractivity contribution in [2.75, 3.05) is 7.11 Å². The fourth-order valence-electron chi connectivity index (χ4n) is 3.24. The Morgan fingerprint density at radius 2 is 2.05 bits per heavy atom. The maximum atomic E-state index is 11.8. The van der Waals surface area contributed by atoms with Gasteiger partial charge < -0.3 is 20.5 Å². The monoisotopic (exact) mass is 284 g/mol. The average Bonchev–Trinajstić information content (AvgIpc) is 2.99. The van der Waals surface area contributed by atoms with Crippen LogP contribution in [0, 0.1) is 11.8 Å². The number of carbonyl (C=O) groups is 3. The summed E-state index contributed by atoms with van der Waals surface area (Å²) in [4.78, 5) is 33.9. The summed E-state index contributed by atoms with van der Waals surface area (Å²) in [6, 6.07) is -1.67. The minimum absolute atomic E-state index is 0.126. The van der Waals surface area contributed by atoms with Crippen LogP contribution in [0.5, 0.6) is 0 Å². The lowest BCUT2D eigenvalue weighted by Crippen LogP contribution is -2.50. The van der Waals surface area contributed by atoms with E-state index in [-0.39, 0.29) is 12.5 Å². The van der Waals surface area contributed by atoms with Crippen LogP contribution in [0.1, 0.15) is 32.1 Å². The van der Waals surface area contributed by atoms with Gasteiger partial charge in [0.25, 0.3) is 0 Å². The van der Waals surface area contributed by atoms with Crippen LogP contribution in [0.2, 0.25) is 0 Å². The van der Waals surface area contributed by atoms with E-state index in [1.54, 1.807) is 0 Å². The van der Waals surface area contributed by atoms with Crippen LogP contribution in [-0.4, -0.2) is 42.3 Å². The maximum Gasteiger partial charge on any atom is 0.326 e. The van der Waals surface area contributed by atoms with Gasteiger partial charge in [0.05, 0.1) is 13.5 Å². The van der Waals surface area contributed by atoms with E-state index in [2.05, 4.69) is 15.4 Å². The molecule has 0 aromatic carbocycles. The third-order valence-corrected chi connectivity index (χ3v) is 4.26. The number of rotatable bonds is 5. The van der Waals surface area contributed by atoms with Gasteiger partial charge in [-0.2, -0.15) is 0 Å². The molecule has 7 nitrogen and oxygen atoms in total. The molecule has 0 heterocycles. The molecule has 0 aromatic heterocycles. The fraction of sp³-hybridized carbons (Fsp3) is 0.769. The largest absolute Gasteiger partial charge is 0.480 e. The summed E-state index contributed by atoms with van der Waals surface area (Å²) in [6.07, 6.45) is 4.09. The lowest BCUT2D eigenvalue weighted by atomic mass is 9.95. The number of amides is 2. The molecule has 0 radical (unpaired) electrons. The molecule has 2 fully saturated rings. The summed E-state index contributed by atoms with van der Waals surface area (Å²) in [5, 5.41) is 14.1. The smallest absolute Gasteiger partial charge is 0.326 e. The molecule has 0 aromatic rings. The molecular weight excluding hydrogens is 264 g/mol. The zero-order chi connectivity index (χ0) is 14.7. The summed E-state index contributed by atoms with van der Waals surface area (Å²) in [5.74, 6) is -0.721. The Kier molecular flexibility index (Phi) is 4.46. The maximum absolute atomic E-state index is 11.8. The Bertz CT molecular complexity index is 412. The molecule has 0 spiro atoms. The van der Waals surface area contributed by atoms with Gasteiger partial charge in [-0.3, -0.25) is 4.79 Å². The summed E-state index contributed by atoms with van der Waals surface area (Å²) < 4.78 is 4.41. The predicted octanol–water partition coefficient (Wildman–Crippen LogP) is 0.491. The second-order valence-corrected chi connectivity index (χ2v) is 5.57. The molecule has 2 saturated carbocycles. The van der Waals surface area contributed by atoms with E-state index < -0.39 is 24.0 Å². The van der Waals surface area contributed by atoms with E-state index in [9.17, 15) is 14.4 Å². The van der Waals surface area contributed by atoms with Crippen LogP contribution in [0.15, 0.2) is 0 Å². The first kappa shape index (κ1) is 14.6. The van der Waals surface area contributed by atoms with Gasteiger partial charge in [-0.15, -0.1) is 0 Å².